The number of aromatic nitrogens is 1. The summed E-state index contributed by atoms with van der Waals surface area (Å²) >= 11 is 2.87. The SMILES string of the molecule is CCO[C@H]1CC[C@H](N(C(=O)Nc2ncc(SCCC(=O)O)s2)C2CCCCC2)CC1. The largest absolute Gasteiger partial charge is 0.481 e. The number of hydrogen-bond acceptors (Lipinski definition) is 6. The van der Waals surface area contributed by atoms with Gasteiger partial charge < -0.3 is 14.7 Å². The van der Waals surface area contributed by atoms with Crippen LogP contribution in [0.4, 0.5) is 9.93 Å². The van der Waals surface area contributed by atoms with Gasteiger partial charge in [0.25, 0.3) is 0 Å². The second-order valence-electron chi connectivity index (χ2n) is 7.99. The minimum Gasteiger partial charge on any atom is -0.481 e. The van der Waals surface area contributed by atoms with Gasteiger partial charge in [0, 0.05) is 24.4 Å². The summed E-state index contributed by atoms with van der Waals surface area (Å²) in [6.45, 7) is 2.79. The summed E-state index contributed by atoms with van der Waals surface area (Å²) in [5, 5.41) is 12.4. The molecule has 0 unspecified atom stereocenters. The minimum absolute atomic E-state index is 0.0433. The Morgan fingerprint density at radius 2 is 1.90 bits per heavy atom. The van der Waals surface area contributed by atoms with Crippen LogP contribution in [-0.4, -0.2) is 57.5 Å². The Kier molecular flexibility index (Phi) is 9.27. The first kappa shape index (κ1) is 23.3. The van der Waals surface area contributed by atoms with Crippen molar-refractivity contribution in [1.82, 2.24) is 9.88 Å². The van der Waals surface area contributed by atoms with Crippen molar-refractivity contribution < 1.29 is 19.4 Å². The van der Waals surface area contributed by atoms with Crippen LogP contribution in [0.25, 0.3) is 0 Å². The Labute approximate surface area is 187 Å². The number of urea groups is 1. The fourth-order valence-corrected chi connectivity index (χ4v) is 6.36. The average Bonchev–Trinajstić information content (AvgIpc) is 3.17. The highest BCUT2D eigenvalue weighted by atomic mass is 32.2. The standard InChI is InChI=1S/C21H33N3O4S2/c1-2-28-17-10-8-16(9-11-17)24(15-6-4-3-5-7-15)21(27)23-20-22-14-19(30-20)29-13-12-18(25)26/h14-17H,2-13H2,1H3,(H,25,26)(H,22,23,27)/t16-,17-. The Hall–Kier alpha value is -1.32. The molecule has 1 aromatic heterocycles. The molecular formula is C21H33N3O4S2. The summed E-state index contributed by atoms with van der Waals surface area (Å²) < 4.78 is 6.72. The molecule has 30 heavy (non-hydrogen) atoms. The van der Waals surface area contributed by atoms with Crippen LogP contribution >= 0.6 is 23.1 Å². The van der Waals surface area contributed by atoms with Crippen molar-refractivity contribution in [3.63, 3.8) is 0 Å². The minimum atomic E-state index is -0.803. The van der Waals surface area contributed by atoms with Gasteiger partial charge in [0.2, 0.25) is 0 Å². The van der Waals surface area contributed by atoms with Gasteiger partial charge >= 0.3 is 12.0 Å². The number of ether oxygens (including phenoxy) is 1. The Morgan fingerprint density at radius 3 is 2.57 bits per heavy atom. The van der Waals surface area contributed by atoms with Crippen molar-refractivity contribution in [3.8, 4) is 0 Å². The molecule has 0 aromatic carbocycles. The third-order valence-corrected chi connectivity index (χ3v) is 8.01. The fraction of sp³-hybridized carbons (Fsp3) is 0.762. The molecule has 2 saturated carbocycles. The van der Waals surface area contributed by atoms with Crippen LogP contribution in [0.1, 0.15) is 71.1 Å². The molecule has 2 amide bonds. The van der Waals surface area contributed by atoms with Crippen LogP contribution in [0.15, 0.2) is 10.4 Å². The summed E-state index contributed by atoms with van der Waals surface area (Å²) in [4.78, 5) is 30.4. The second kappa shape index (κ2) is 11.9. The zero-order valence-electron chi connectivity index (χ0n) is 17.7. The fourth-order valence-electron chi connectivity index (χ4n) is 4.49. The van der Waals surface area contributed by atoms with Crippen LogP contribution in [0.5, 0.6) is 0 Å². The number of carboxylic acid groups (broad SMARTS) is 1. The number of carbonyl (C=O) groups is 2. The van der Waals surface area contributed by atoms with E-state index in [-0.39, 0.29) is 18.5 Å². The van der Waals surface area contributed by atoms with Crippen molar-refractivity contribution in [1.29, 1.82) is 0 Å². The molecule has 9 heteroatoms. The smallest absolute Gasteiger partial charge is 0.324 e. The predicted octanol–water partition coefficient (Wildman–Crippen LogP) is 5.22. The van der Waals surface area contributed by atoms with Crippen LogP contribution in [0.2, 0.25) is 0 Å². The number of carboxylic acids is 1. The van der Waals surface area contributed by atoms with Crippen LogP contribution in [0, 0.1) is 0 Å². The number of nitrogens with zero attached hydrogens (tertiary/aromatic N) is 2. The maximum Gasteiger partial charge on any atom is 0.324 e. The molecule has 0 saturated heterocycles. The van der Waals surface area contributed by atoms with Crippen molar-refractivity contribution in [2.24, 2.45) is 0 Å². The first-order valence-electron chi connectivity index (χ1n) is 11.1. The van der Waals surface area contributed by atoms with E-state index in [2.05, 4.69) is 15.2 Å². The monoisotopic (exact) mass is 455 g/mol. The number of thioether (sulfide) groups is 1. The molecule has 0 radical (unpaired) electrons. The van der Waals surface area contributed by atoms with E-state index < -0.39 is 5.97 Å². The van der Waals surface area contributed by atoms with E-state index in [0.717, 1.165) is 49.3 Å². The predicted molar refractivity (Wildman–Crippen MR) is 120 cm³/mol. The third-order valence-electron chi connectivity index (χ3n) is 5.90. The summed E-state index contributed by atoms with van der Waals surface area (Å²) in [6, 6.07) is 0.518. The lowest BCUT2D eigenvalue weighted by atomic mass is 9.88. The number of carbonyl (C=O) groups excluding carboxylic acids is 1. The number of thiazole rings is 1. The van der Waals surface area contributed by atoms with Crippen LogP contribution < -0.4 is 5.32 Å². The Morgan fingerprint density at radius 1 is 1.20 bits per heavy atom. The molecule has 3 rings (SSSR count). The number of nitrogens with one attached hydrogen (secondary N) is 1. The van der Waals surface area contributed by atoms with E-state index in [1.165, 1.54) is 42.4 Å². The molecule has 2 N–H and O–H groups in total. The van der Waals surface area contributed by atoms with Gasteiger partial charge in [-0.15, -0.1) is 11.8 Å². The molecule has 0 spiro atoms. The van der Waals surface area contributed by atoms with E-state index in [9.17, 15) is 9.59 Å². The van der Waals surface area contributed by atoms with Gasteiger partial charge in [0.15, 0.2) is 5.13 Å². The van der Waals surface area contributed by atoms with E-state index in [1.54, 1.807) is 6.20 Å². The van der Waals surface area contributed by atoms with Gasteiger partial charge in [-0.1, -0.05) is 30.6 Å². The van der Waals surface area contributed by atoms with Crippen molar-refractivity contribution >= 4 is 40.2 Å². The van der Waals surface area contributed by atoms with Gasteiger partial charge in [-0.2, -0.15) is 0 Å². The average molecular weight is 456 g/mol. The number of aliphatic carboxylic acids is 1. The van der Waals surface area contributed by atoms with Gasteiger partial charge in [-0.05, 0) is 45.4 Å². The molecule has 2 aliphatic carbocycles. The summed E-state index contributed by atoms with van der Waals surface area (Å²) in [6.07, 6.45) is 11.9. The molecule has 2 aliphatic rings. The molecule has 0 bridgehead atoms. The van der Waals surface area contributed by atoms with Crippen molar-refractivity contribution in [2.75, 3.05) is 17.7 Å². The van der Waals surface area contributed by atoms with E-state index in [1.807, 2.05) is 6.92 Å². The zero-order chi connectivity index (χ0) is 21.3. The van der Waals surface area contributed by atoms with Gasteiger partial charge in [-0.3, -0.25) is 10.1 Å². The molecule has 1 heterocycles. The number of amides is 2. The molecule has 0 atom stereocenters. The molecule has 7 nitrogen and oxygen atoms in total. The summed E-state index contributed by atoms with van der Waals surface area (Å²) in [7, 11) is 0. The highest BCUT2D eigenvalue weighted by molar-refractivity contribution is 8.01. The molecule has 0 aliphatic heterocycles. The van der Waals surface area contributed by atoms with Crippen LogP contribution in [-0.2, 0) is 9.53 Å². The van der Waals surface area contributed by atoms with Crippen LogP contribution in [0.3, 0.4) is 0 Å². The molecule has 1 aromatic rings. The highest BCUT2D eigenvalue weighted by Gasteiger charge is 2.34. The third kappa shape index (κ3) is 6.85. The number of hydrogen-bond donors (Lipinski definition) is 2. The lowest BCUT2D eigenvalue weighted by Gasteiger charge is -2.42. The van der Waals surface area contributed by atoms with Gasteiger partial charge in [0.05, 0.1) is 22.9 Å². The van der Waals surface area contributed by atoms with E-state index >= 15 is 0 Å². The van der Waals surface area contributed by atoms with Crippen molar-refractivity contribution in [3.05, 3.63) is 6.20 Å². The molecule has 2 fully saturated rings. The lowest BCUT2D eigenvalue weighted by Crippen LogP contribution is -2.51. The van der Waals surface area contributed by atoms with Gasteiger partial charge in [0.1, 0.15) is 0 Å². The Bertz CT molecular complexity index is 686. The first-order valence-corrected chi connectivity index (χ1v) is 12.9. The maximum atomic E-state index is 13.3. The summed E-state index contributed by atoms with van der Waals surface area (Å²) in [5.74, 6) is -0.301. The summed E-state index contributed by atoms with van der Waals surface area (Å²) in [5.41, 5.74) is 0. The Balaban J connectivity index is 1.61. The van der Waals surface area contributed by atoms with E-state index in [0.29, 0.717) is 23.0 Å². The van der Waals surface area contributed by atoms with Crippen molar-refractivity contribution in [2.45, 2.75) is 93.5 Å². The topological polar surface area (TPSA) is 91.8 Å². The zero-order valence-corrected chi connectivity index (χ0v) is 19.3. The lowest BCUT2D eigenvalue weighted by molar-refractivity contribution is -0.136. The number of anilines is 1. The van der Waals surface area contributed by atoms with E-state index in [4.69, 9.17) is 9.84 Å². The highest BCUT2D eigenvalue weighted by Crippen LogP contribution is 2.33. The maximum absolute atomic E-state index is 13.3. The normalized spacial score (nSPS) is 22.6. The molecule has 168 valence electrons. The molecular weight excluding hydrogens is 422 g/mol. The first-order chi connectivity index (χ1) is 14.6. The quantitative estimate of drug-likeness (QED) is 0.496. The number of rotatable bonds is 9. The second-order valence-corrected chi connectivity index (χ2v) is 10.4. The van der Waals surface area contributed by atoms with Gasteiger partial charge in [-0.25, -0.2) is 9.78 Å².